The zero-order valence-corrected chi connectivity index (χ0v) is 9.52. The zero-order chi connectivity index (χ0) is 10.8. The van der Waals surface area contributed by atoms with Crippen molar-refractivity contribution in [3.8, 4) is 0 Å². The second-order valence-corrected chi connectivity index (χ2v) is 4.83. The van der Waals surface area contributed by atoms with Crippen molar-refractivity contribution in [3.63, 3.8) is 0 Å². The van der Waals surface area contributed by atoms with Crippen LogP contribution in [0.5, 0.6) is 0 Å². The molecule has 0 saturated heterocycles. The van der Waals surface area contributed by atoms with Crippen LogP contribution in [-0.2, 0) is 10.3 Å². The van der Waals surface area contributed by atoms with Gasteiger partial charge in [-0.3, -0.25) is 4.79 Å². The van der Waals surface area contributed by atoms with Crippen LogP contribution < -0.4 is 11.1 Å². The molecule has 0 aliphatic heterocycles. The Morgan fingerprint density at radius 3 is 2.71 bits per heavy atom. The molecule has 1 aromatic heterocycles. The summed E-state index contributed by atoms with van der Waals surface area (Å²) in [5.74, 6) is -0.122. The number of thiophene rings is 1. The van der Waals surface area contributed by atoms with Gasteiger partial charge in [0.05, 0.1) is 11.6 Å². The largest absolute Gasteiger partial charge is 0.345 e. The molecule has 0 unspecified atom stereocenters. The summed E-state index contributed by atoms with van der Waals surface area (Å²) >= 11 is 1.63. The number of nitrogens with one attached hydrogen (secondary N) is 1. The summed E-state index contributed by atoms with van der Waals surface area (Å²) in [7, 11) is 0. The van der Waals surface area contributed by atoms with Crippen LogP contribution in [0.3, 0.4) is 0 Å². The van der Waals surface area contributed by atoms with Gasteiger partial charge in [0.15, 0.2) is 0 Å². The maximum atomic E-state index is 11.4. The quantitative estimate of drug-likeness (QED) is 0.796. The maximum absolute atomic E-state index is 11.4. The molecule has 1 rings (SSSR count). The maximum Gasteiger partial charge on any atom is 0.237 e. The van der Waals surface area contributed by atoms with E-state index in [-0.39, 0.29) is 11.4 Å². The van der Waals surface area contributed by atoms with Crippen LogP contribution in [0.4, 0.5) is 0 Å². The van der Waals surface area contributed by atoms with E-state index >= 15 is 0 Å². The predicted molar refractivity (Wildman–Crippen MR) is 59.1 cm³/mol. The highest BCUT2D eigenvalue weighted by molar-refractivity contribution is 7.10. The molecule has 3 nitrogen and oxygen atoms in total. The highest BCUT2D eigenvalue weighted by atomic mass is 32.1. The molecule has 1 heterocycles. The van der Waals surface area contributed by atoms with E-state index in [0.717, 1.165) is 4.88 Å². The first-order chi connectivity index (χ1) is 6.43. The van der Waals surface area contributed by atoms with Crippen LogP contribution >= 0.6 is 11.3 Å². The van der Waals surface area contributed by atoms with Crippen molar-refractivity contribution < 1.29 is 4.79 Å². The average molecular weight is 212 g/mol. The van der Waals surface area contributed by atoms with E-state index in [4.69, 9.17) is 5.73 Å². The monoisotopic (exact) mass is 212 g/mol. The first-order valence-electron chi connectivity index (χ1n) is 4.55. The molecule has 0 spiro atoms. The molecule has 0 fully saturated rings. The second kappa shape index (κ2) is 4.11. The van der Waals surface area contributed by atoms with Gasteiger partial charge in [0, 0.05) is 4.88 Å². The number of hydrogen-bond donors (Lipinski definition) is 2. The van der Waals surface area contributed by atoms with Crippen molar-refractivity contribution >= 4 is 17.2 Å². The minimum Gasteiger partial charge on any atom is -0.345 e. The van der Waals surface area contributed by atoms with Crippen LogP contribution in [0, 0.1) is 0 Å². The van der Waals surface area contributed by atoms with E-state index in [1.54, 1.807) is 18.3 Å². The van der Waals surface area contributed by atoms with Gasteiger partial charge in [-0.25, -0.2) is 0 Å². The predicted octanol–water partition coefficient (Wildman–Crippen LogP) is 1.45. The Hall–Kier alpha value is -0.870. The Bertz CT molecular complexity index is 304. The molecule has 1 atom stereocenters. The topological polar surface area (TPSA) is 55.1 Å². The summed E-state index contributed by atoms with van der Waals surface area (Å²) in [6, 6.07) is 3.51. The van der Waals surface area contributed by atoms with Gasteiger partial charge in [0.1, 0.15) is 0 Å². The van der Waals surface area contributed by atoms with Gasteiger partial charge >= 0.3 is 0 Å². The Morgan fingerprint density at radius 2 is 2.29 bits per heavy atom. The number of nitrogens with two attached hydrogens (primary N) is 1. The molecule has 0 radical (unpaired) electrons. The van der Waals surface area contributed by atoms with E-state index in [1.807, 2.05) is 31.4 Å². The van der Waals surface area contributed by atoms with Gasteiger partial charge < -0.3 is 11.1 Å². The van der Waals surface area contributed by atoms with E-state index in [9.17, 15) is 4.79 Å². The van der Waals surface area contributed by atoms with Gasteiger partial charge in [0.2, 0.25) is 5.91 Å². The Balaban J connectivity index is 2.72. The molecule has 4 heteroatoms. The molecular formula is C10H16N2OS. The van der Waals surface area contributed by atoms with Gasteiger partial charge in [-0.2, -0.15) is 0 Å². The van der Waals surface area contributed by atoms with Crippen LogP contribution in [0.25, 0.3) is 0 Å². The summed E-state index contributed by atoms with van der Waals surface area (Å²) in [5, 5.41) is 4.90. The highest BCUT2D eigenvalue weighted by Crippen LogP contribution is 2.24. The van der Waals surface area contributed by atoms with Crippen molar-refractivity contribution in [1.29, 1.82) is 0 Å². The fraction of sp³-hybridized carbons (Fsp3) is 0.500. The molecule has 3 N–H and O–H groups in total. The lowest BCUT2D eigenvalue weighted by molar-refractivity contribution is -0.123. The molecule has 0 aliphatic rings. The van der Waals surface area contributed by atoms with E-state index < -0.39 is 6.04 Å². The Kier molecular flexibility index (Phi) is 3.29. The van der Waals surface area contributed by atoms with E-state index in [0.29, 0.717) is 0 Å². The van der Waals surface area contributed by atoms with Crippen LogP contribution in [0.15, 0.2) is 17.5 Å². The van der Waals surface area contributed by atoms with Crippen molar-refractivity contribution in [1.82, 2.24) is 5.32 Å². The van der Waals surface area contributed by atoms with Crippen molar-refractivity contribution in [2.75, 3.05) is 0 Å². The minimum atomic E-state index is -0.464. The Morgan fingerprint density at radius 1 is 1.64 bits per heavy atom. The first-order valence-corrected chi connectivity index (χ1v) is 5.43. The average Bonchev–Trinajstić information content (AvgIpc) is 2.54. The van der Waals surface area contributed by atoms with Crippen LogP contribution in [0.1, 0.15) is 25.6 Å². The molecule has 0 bridgehead atoms. The van der Waals surface area contributed by atoms with Crippen LogP contribution in [-0.4, -0.2) is 11.9 Å². The first kappa shape index (κ1) is 11.2. The van der Waals surface area contributed by atoms with Crippen molar-refractivity contribution in [2.45, 2.75) is 32.4 Å². The molecule has 1 amide bonds. The Labute approximate surface area is 88.3 Å². The lowest BCUT2D eigenvalue weighted by Crippen LogP contribution is -2.47. The van der Waals surface area contributed by atoms with Gasteiger partial charge in [0.25, 0.3) is 0 Å². The lowest BCUT2D eigenvalue weighted by Gasteiger charge is -2.26. The van der Waals surface area contributed by atoms with Crippen molar-refractivity contribution in [3.05, 3.63) is 22.4 Å². The highest BCUT2D eigenvalue weighted by Gasteiger charge is 2.24. The third-order valence-electron chi connectivity index (χ3n) is 1.99. The molecule has 14 heavy (non-hydrogen) atoms. The summed E-state index contributed by atoms with van der Waals surface area (Å²) in [6.45, 7) is 5.62. The normalized spacial score (nSPS) is 13.7. The summed E-state index contributed by atoms with van der Waals surface area (Å²) < 4.78 is 0. The standard InChI is InChI=1S/C10H16N2OS/c1-7(11)9(13)12-10(2,3)8-5-4-6-14-8/h4-7H,11H2,1-3H3,(H,12,13)/t7-/m1/s1. The van der Waals surface area contributed by atoms with Gasteiger partial charge in [-0.05, 0) is 32.2 Å². The number of rotatable bonds is 3. The number of hydrogen-bond acceptors (Lipinski definition) is 3. The van der Waals surface area contributed by atoms with E-state index in [1.165, 1.54) is 0 Å². The second-order valence-electron chi connectivity index (χ2n) is 3.88. The summed E-state index contributed by atoms with van der Waals surface area (Å²) in [5.41, 5.74) is 5.15. The number of carbonyl (C=O) groups excluding carboxylic acids is 1. The minimum absolute atomic E-state index is 0.122. The molecule has 0 aliphatic carbocycles. The van der Waals surface area contributed by atoms with Gasteiger partial charge in [-0.15, -0.1) is 11.3 Å². The zero-order valence-electron chi connectivity index (χ0n) is 8.70. The molecule has 0 saturated carbocycles. The van der Waals surface area contributed by atoms with Crippen molar-refractivity contribution in [2.24, 2.45) is 5.73 Å². The molecule has 0 aromatic carbocycles. The summed E-state index contributed by atoms with van der Waals surface area (Å²) in [4.78, 5) is 12.6. The van der Waals surface area contributed by atoms with Gasteiger partial charge in [-0.1, -0.05) is 6.07 Å². The lowest BCUT2D eigenvalue weighted by atomic mass is 10.0. The third kappa shape index (κ3) is 2.56. The molecule has 1 aromatic rings. The summed E-state index contributed by atoms with van der Waals surface area (Å²) in [6.07, 6.45) is 0. The van der Waals surface area contributed by atoms with E-state index in [2.05, 4.69) is 5.32 Å². The fourth-order valence-electron chi connectivity index (χ4n) is 1.12. The van der Waals surface area contributed by atoms with Crippen LogP contribution in [0.2, 0.25) is 0 Å². The number of amides is 1. The smallest absolute Gasteiger partial charge is 0.237 e. The number of carbonyl (C=O) groups is 1. The SMILES string of the molecule is C[C@@H](N)C(=O)NC(C)(C)c1cccs1. The molecule has 78 valence electrons. The third-order valence-corrected chi connectivity index (χ3v) is 3.18. The molecular weight excluding hydrogens is 196 g/mol. The fourth-order valence-corrected chi connectivity index (χ4v) is 1.92.